The summed E-state index contributed by atoms with van der Waals surface area (Å²) in [6, 6.07) is 0.206. The van der Waals surface area contributed by atoms with Crippen LogP contribution in [0.5, 0.6) is 0 Å². The largest absolute Gasteiger partial charge is 0.481 e. The molecule has 0 spiro atoms. The minimum atomic E-state index is -0.609. The van der Waals surface area contributed by atoms with E-state index in [2.05, 4.69) is 18.7 Å². The Morgan fingerprint density at radius 3 is 2.71 bits per heavy atom. The first-order valence-corrected chi connectivity index (χ1v) is 8.56. The van der Waals surface area contributed by atoms with Crippen molar-refractivity contribution in [2.75, 3.05) is 20.2 Å². The molecule has 2 rings (SSSR count). The zero-order chi connectivity index (χ0) is 15.4. The van der Waals surface area contributed by atoms with Gasteiger partial charge in [0.25, 0.3) is 0 Å². The first kappa shape index (κ1) is 16.8. The molecule has 0 aromatic carbocycles. The predicted octanol–water partition coefficient (Wildman–Crippen LogP) is 3.01. The Morgan fingerprint density at radius 2 is 2.10 bits per heavy atom. The number of carbonyl (C=O) groups is 1. The molecule has 2 aliphatic rings. The highest BCUT2D eigenvalue weighted by Gasteiger charge is 2.40. The van der Waals surface area contributed by atoms with E-state index in [1.54, 1.807) is 7.11 Å². The van der Waals surface area contributed by atoms with E-state index < -0.39 is 5.97 Å². The number of carboxylic acids is 1. The van der Waals surface area contributed by atoms with Gasteiger partial charge in [-0.15, -0.1) is 0 Å². The number of likely N-dealkylation sites (tertiary alicyclic amines) is 1. The molecule has 1 heterocycles. The number of rotatable bonds is 5. The standard InChI is InChI=1S/C17H31NO3/c1-4-5-13-6-7-14(17(19)20)15(10-13)18-9-8-12(2)16(11-18)21-3/h12-16H,4-11H2,1-3H3,(H,19,20). The van der Waals surface area contributed by atoms with Gasteiger partial charge in [0, 0.05) is 19.7 Å². The lowest BCUT2D eigenvalue weighted by Crippen LogP contribution is -2.54. The molecule has 5 unspecified atom stereocenters. The van der Waals surface area contributed by atoms with Crippen LogP contribution in [0.4, 0.5) is 0 Å². The highest BCUT2D eigenvalue weighted by molar-refractivity contribution is 5.71. The first-order chi connectivity index (χ1) is 10.1. The summed E-state index contributed by atoms with van der Waals surface area (Å²) in [7, 11) is 1.78. The van der Waals surface area contributed by atoms with E-state index in [1.807, 2.05) is 0 Å². The van der Waals surface area contributed by atoms with Crippen molar-refractivity contribution in [3.63, 3.8) is 0 Å². The van der Waals surface area contributed by atoms with E-state index in [4.69, 9.17) is 4.74 Å². The van der Waals surface area contributed by atoms with Gasteiger partial charge in [-0.2, -0.15) is 0 Å². The maximum Gasteiger partial charge on any atom is 0.308 e. The molecule has 0 amide bonds. The molecule has 2 fully saturated rings. The van der Waals surface area contributed by atoms with Crippen LogP contribution >= 0.6 is 0 Å². The number of nitrogens with zero attached hydrogens (tertiary/aromatic N) is 1. The third-order valence-electron chi connectivity index (χ3n) is 5.63. The second kappa shape index (κ2) is 7.59. The zero-order valence-electron chi connectivity index (χ0n) is 13.8. The lowest BCUT2D eigenvalue weighted by Gasteiger charge is -2.45. The predicted molar refractivity (Wildman–Crippen MR) is 83.3 cm³/mol. The number of hydrogen-bond donors (Lipinski definition) is 1. The Labute approximate surface area is 128 Å². The lowest BCUT2D eigenvalue weighted by atomic mass is 9.75. The van der Waals surface area contributed by atoms with Crippen LogP contribution < -0.4 is 0 Å². The van der Waals surface area contributed by atoms with Crippen LogP contribution in [0.2, 0.25) is 0 Å². The van der Waals surface area contributed by atoms with Crippen molar-refractivity contribution in [1.82, 2.24) is 4.90 Å². The van der Waals surface area contributed by atoms with E-state index in [1.165, 1.54) is 12.8 Å². The molecule has 1 aliphatic carbocycles. The third kappa shape index (κ3) is 3.98. The Balaban J connectivity index is 2.06. The van der Waals surface area contributed by atoms with Crippen LogP contribution in [-0.4, -0.2) is 48.3 Å². The third-order valence-corrected chi connectivity index (χ3v) is 5.63. The quantitative estimate of drug-likeness (QED) is 0.847. The molecule has 0 aromatic heterocycles. The minimum absolute atomic E-state index is 0.191. The van der Waals surface area contributed by atoms with E-state index in [9.17, 15) is 9.90 Å². The summed E-state index contributed by atoms with van der Waals surface area (Å²) in [5.74, 6) is 0.479. The number of carboxylic acid groups (broad SMARTS) is 1. The van der Waals surface area contributed by atoms with Gasteiger partial charge in [-0.25, -0.2) is 0 Å². The summed E-state index contributed by atoms with van der Waals surface area (Å²) in [5.41, 5.74) is 0. The minimum Gasteiger partial charge on any atom is -0.481 e. The Morgan fingerprint density at radius 1 is 1.33 bits per heavy atom. The molecule has 1 saturated heterocycles. The maximum atomic E-state index is 11.6. The summed E-state index contributed by atoms with van der Waals surface area (Å²) in [6.45, 7) is 6.38. The monoisotopic (exact) mass is 297 g/mol. The van der Waals surface area contributed by atoms with Gasteiger partial charge in [-0.05, 0) is 44.1 Å². The average molecular weight is 297 g/mol. The van der Waals surface area contributed by atoms with Gasteiger partial charge in [0.1, 0.15) is 0 Å². The smallest absolute Gasteiger partial charge is 0.308 e. The summed E-state index contributed by atoms with van der Waals surface area (Å²) in [4.78, 5) is 14.0. The lowest BCUT2D eigenvalue weighted by molar-refractivity contribution is -0.147. The second-order valence-corrected chi connectivity index (χ2v) is 7.01. The summed E-state index contributed by atoms with van der Waals surface area (Å²) >= 11 is 0. The number of ether oxygens (including phenoxy) is 1. The van der Waals surface area contributed by atoms with Crippen LogP contribution in [0.1, 0.15) is 52.4 Å². The van der Waals surface area contributed by atoms with Gasteiger partial charge in [-0.1, -0.05) is 26.7 Å². The first-order valence-electron chi connectivity index (χ1n) is 8.56. The van der Waals surface area contributed by atoms with Crippen molar-refractivity contribution >= 4 is 5.97 Å². The van der Waals surface area contributed by atoms with E-state index in [-0.39, 0.29) is 18.1 Å². The summed E-state index contributed by atoms with van der Waals surface area (Å²) in [6.07, 6.45) is 6.77. The van der Waals surface area contributed by atoms with Gasteiger partial charge in [0.05, 0.1) is 12.0 Å². The SMILES string of the molecule is CCCC1CCC(C(=O)O)C(N2CCC(C)C(OC)C2)C1. The molecular formula is C17H31NO3. The van der Waals surface area contributed by atoms with Crippen molar-refractivity contribution in [2.24, 2.45) is 17.8 Å². The molecule has 0 radical (unpaired) electrons. The molecule has 5 atom stereocenters. The number of piperidine rings is 1. The van der Waals surface area contributed by atoms with Crippen molar-refractivity contribution in [2.45, 2.75) is 64.5 Å². The fraction of sp³-hybridized carbons (Fsp3) is 0.941. The van der Waals surface area contributed by atoms with Gasteiger partial charge >= 0.3 is 5.97 Å². The normalized spacial score (nSPS) is 38.3. The zero-order valence-corrected chi connectivity index (χ0v) is 13.8. The topological polar surface area (TPSA) is 49.8 Å². The average Bonchev–Trinajstić information content (AvgIpc) is 2.48. The summed E-state index contributed by atoms with van der Waals surface area (Å²) in [5, 5.41) is 9.57. The number of hydrogen-bond acceptors (Lipinski definition) is 3. The van der Waals surface area contributed by atoms with Crippen molar-refractivity contribution < 1.29 is 14.6 Å². The number of aliphatic carboxylic acids is 1. The Hall–Kier alpha value is -0.610. The second-order valence-electron chi connectivity index (χ2n) is 7.01. The highest BCUT2D eigenvalue weighted by Crippen LogP contribution is 2.36. The van der Waals surface area contributed by atoms with Crippen LogP contribution in [0, 0.1) is 17.8 Å². The van der Waals surface area contributed by atoms with Crippen molar-refractivity contribution in [3.05, 3.63) is 0 Å². The van der Waals surface area contributed by atoms with E-state index in [0.717, 1.165) is 38.8 Å². The van der Waals surface area contributed by atoms with E-state index in [0.29, 0.717) is 11.8 Å². The van der Waals surface area contributed by atoms with Crippen molar-refractivity contribution in [3.8, 4) is 0 Å². The molecule has 1 N–H and O–H groups in total. The van der Waals surface area contributed by atoms with Gasteiger partial charge < -0.3 is 9.84 Å². The van der Waals surface area contributed by atoms with Crippen molar-refractivity contribution in [1.29, 1.82) is 0 Å². The molecule has 1 saturated carbocycles. The fourth-order valence-corrected chi connectivity index (χ4v) is 4.26. The van der Waals surface area contributed by atoms with Crippen LogP contribution in [0.15, 0.2) is 0 Å². The number of methoxy groups -OCH3 is 1. The molecule has 4 heteroatoms. The summed E-state index contributed by atoms with van der Waals surface area (Å²) < 4.78 is 5.61. The molecular weight excluding hydrogens is 266 g/mol. The molecule has 122 valence electrons. The van der Waals surface area contributed by atoms with E-state index >= 15 is 0 Å². The fourth-order valence-electron chi connectivity index (χ4n) is 4.26. The molecule has 4 nitrogen and oxygen atoms in total. The van der Waals surface area contributed by atoms with Crippen LogP contribution in [-0.2, 0) is 9.53 Å². The maximum absolute atomic E-state index is 11.6. The Kier molecular flexibility index (Phi) is 6.06. The van der Waals surface area contributed by atoms with Gasteiger partial charge in [0.2, 0.25) is 0 Å². The molecule has 0 bridgehead atoms. The van der Waals surface area contributed by atoms with Crippen LogP contribution in [0.25, 0.3) is 0 Å². The molecule has 21 heavy (non-hydrogen) atoms. The Bertz CT molecular complexity index is 347. The highest BCUT2D eigenvalue weighted by atomic mass is 16.5. The van der Waals surface area contributed by atoms with Gasteiger partial charge in [-0.3, -0.25) is 9.69 Å². The van der Waals surface area contributed by atoms with Gasteiger partial charge in [0.15, 0.2) is 0 Å². The molecule has 1 aliphatic heterocycles. The molecule has 0 aromatic rings. The van der Waals surface area contributed by atoms with Crippen LogP contribution in [0.3, 0.4) is 0 Å².